The zero-order valence-corrected chi connectivity index (χ0v) is 13.6. The molecule has 0 radical (unpaired) electrons. The van der Waals surface area contributed by atoms with Crippen LogP contribution in [0.15, 0.2) is 15.7 Å². The van der Waals surface area contributed by atoms with Gasteiger partial charge in [-0.3, -0.25) is 0 Å². The molecule has 0 aliphatic carbocycles. The molecular formula is C13H24N2O2S2. The van der Waals surface area contributed by atoms with E-state index in [-0.39, 0.29) is 6.04 Å². The fourth-order valence-corrected chi connectivity index (χ4v) is 4.91. The molecule has 0 atom stereocenters. The van der Waals surface area contributed by atoms with Crippen LogP contribution in [0.1, 0.15) is 45.6 Å². The summed E-state index contributed by atoms with van der Waals surface area (Å²) in [6.45, 7) is 6.91. The van der Waals surface area contributed by atoms with E-state index >= 15 is 0 Å². The molecule has 0 spiro atoms. The minimum Gasteiger partial charge on any atom is -0.326 e. The van der Waals surface area contributed by atoms with Gasteiger partial charge >= 0.3 is 0 Å². The molecule has 1 aromatic heterocycles. The lowest BCUT2D eigenvalue weighted by Gasteiger charge is -2.25. The lowest BCUT2D eigenvalue weighted by molar-refractivity contribution is 0.346. The van der Waals surface area contributed by atoms with Crippen molar-refractivity contribution in [2.24, 2.45) is 5.73 Å². The minimum atomic E-state index is -3.37. The monoisotopic (exact) mass is 304 g/mol. The summed E-state index contributed by atoms with van der Waals surface area (Å²) in [7, 11) is -3.37. The fourth-order valence-electron chi connectivity index (χ4n) is 1.88. The van der Waals surface area contributed by atoms with Gasteiger partial charge in [-0.2, -0.15) is 4.31 Å². The first kappa shape index (κ1) is 16.6. The zero-order chi connectivity index (χ0) is 14.5. The van der Waals surface area contributed by atoms with Gasteiger partial charge in [0.2, 0.25) is 0 Å². The Hall–Kier alpha value is -0.430. The maximum Gasteiger partial charge on any atom is 0.252 e. The van der Waals surface area contributed by atoms with Crippen molar-refractivity contribution >= 4 is 21.4 Å². The summed E-state index contributed by atoms with van der Waals surface area (Å²) >= 11 is 1.26. The molecule has 0 aliphatic rings. The number of hydrogen-bond donors (Lipinski definition) is 1. The van der Waals surface area contributed by atoms with Crippen molar-refractivity contribution in [2.75, 3.05) is 6.54 Å². The first-order valence-electron chi connectivity index (χ1n) is 6.72. The molecule has 0 amide bonds. The average molecular weight is 304 g/mol. The lowest BCUT2D eigenvalue weighted by atomic mass is 10.2. The van der Waals surface area contributed by atoms with Crippen LogP contribution in [0.4, 0.5) is 0 Å². The number of unbranched alkanes of at least 4 members (excludes halogenated alkanes) is 2. The van der Waals surface area contributed by atoms with E-state index in [0.717, 1.165) is 24.8 Å². The maximum absolute atomic E-state index is 12.6. The summed E-state index contributed by atoms with van der Waals surface area (Å²) in [6.07, 6.45) is 3.04. The predicted molar refractivity (Wildman–Crippen MR) is 80.8 cm³/mol. The second-order valence-electron chi connectivity index (χ2n) is 4.89. The highest BCUT2D eigenvalue weighted by Crippen LogP contribution is 2.25. The molecule has 0 fully saturated rings. The largest absolute Gasteiger partial charge is 0.326 e. The highest BCUT2D eigenvalue weighted by molar-refractivity contribution is 7.91. The highest BCUT2D eigenvalue weighted by atomic mass is 32.2. The smallest absolute Gasteiger partial charge is 0.252 e. The van der Waals surface area contributed by atoms with E-state index in [4.69, 9.17) is 5.73 Å². The third-order valence-electron chi connectivity index (χ3n) is 2.99. The first-order chi connectivity index (χ1) is 8.93. The van der Waals surface area contributed by atoms with Crippen LogP contribution in [-0.2, 0) is 16.6 Å². The topological polar surface area (TPSA) is 63.4 Å². The molecule has 0 saturated carbocycles. The molecule has 0 saturated heterocycles. The standard InChI is InChI=1S/C13H24N2O2S2/c1-4-5-6-7-15(11(2)3)19(16,17)13-8-12(9-14)10-18-13/h8,10-11H,4-7,9,14H2,1-3H3. The second-order valence-corrected chi connectivity index (χ2v) is 7.92. The number of sulfonamides is 1. The molecule has 6 heteroatoms. The maximum atomic E-state index is 12.6. The molecule has 0 aromatic carbocycles. The van der Waals surface area contributed by atoms with Crippen molar-refractivity contribution in [2.45, 2.75) is 56.8 Å². The lowest BCUT2D eigenvalue weighted by Crippen LogP contribution is -2.37. The fraction of sp³-hybridized carbons (Fsp3) is 0.692. The Kier molecular flexibility index (Phi) is 6.46. The molecule has 2 N–H and O–H groups in total. The molecule has 0 aliphatic heterocycles. The molecule has 1 heterocycles. The van der Waals surface area contributed by atoms with Crippen LogP contribution in [0.3, 0.4) is 0 Å². The third-order valence-corrected chi connectivity index (χ3v) is 6.53. The van der Waals surface area contributed by atoms with E-state index in [0.29, 0.717) is 17.3 Å². The van der Waals surface area contributed by atoms with Crippen molar-refractivity contribution in [1.29, 1.82) is 0 Å². The van der Waals surface area contributed by atoms with Gasteiger partial charge in [0.15, 0.2) is 0 Å². The third kappa shape index (κ3) is 4.27. The van der Waals surface area contributed by atoms with Gasteiger partial charge in [0.05, 0.1) is 0 Å². The molecule has 0 unspecified atom stereocenters. The Morgan fingerprint density at radius 2 is 2.05 bits per heavy atom. The van der Waals surface area contributed by atoms with E-state index in [1.807, 2.05) is 19.2 Å². The Morgan fingerprint density at radius 3 is 2.53 bits per heavy atom. The second kappa shape index (κ2) is 7.38. The average Bonchev–Trinajstić information content (AvgIpc) is 2.83. The normalized spacial score (nSPS) is 12.5. The Morgan fingerprint density at radius 1 is 1.37 bits per heavy atom. The first-order valence-corrected chi connectivity index (χ1v) is 9.04. The molecule has 1 aromatic rings. The SMILES string of the molecule is CCCCCN(C(C)C)S(=O)(=O)c1cc(CN)cs1. The summed E-state index contributed by atoms with van der Waals surface area (Å²) in [4.78, 5) is 0. The van der Waals surface area contributed by atoms with Crippen LogP contribution in [-0.4, -0.2) is 25.3 Å². The van der Waals surface area contributed by atoms with Gasteiger partial charge in [0.25, 0.3) is 10.0 Å². The van der Waals surface area contributed by atoms with E-state index in [1.54, 1.807) is 10.4 Å². The van der Waals surface area contributed by atoms with Crippen LogP contribution in [0.2, 0.25) is 0 Å². The number of nitrogens with two attached hydrogens (primary N) is 1. The summed E-state index contributed by atoms with van der Waals surface area (Å²) in [5.41, 5.74) is 6.41. The molecule has 110 valence electrons. The van der Waals surface area contributed by atoms with E-state index in [9.17, 15) is 8.42 Å². The number of nitrogens with zero attached hydrogens (tertiary/aromatic N) is 1. The minimum absolute atomic E-state index is 0.0229. The van der Waals surface area contributed by atoms with Gasteiger partial charge in [-0.15, -0.1) is 11.3 Å². The van der Waals surface area contributed by atoms with Gasteiger partial charge in [-0.25, -0.2) is 8.42 Å². The van der Waals surface area contributed by atoms with Crippen LogP contribution in [0.5, 0.6) is 0 Å². The van der Waals surface area contributed by atoms with Crippen molar-refractivity contribution in [3.05, 3.63) is 17.0 Å². The van der Waals surface area contributed by atoms with Crippen LogP contribution < -0.4 is 5.73 Å². The van der Waals surface area contributed by atoms with Crippen molar-refractivity contribution in [3.8, 4) is 0 Å². The predicted octanol–water partition coefficient (Wildman–Crippen LogP) is 2.80. The van der Waals surface area contributed by atoms with Crippen molar-refractivity contribution < 1.29 is 8.42 Å². The number of rotatable bonds is 8. The highest BCUT2D eigenvalue weighted by Gasteiger charge is 2.27. The molecular weight excluding hydrogens is 280 g/mol. The Balaban J connectivity index is 2.92. The summed E-state index contributed by atoms with van der Waals surface area (Å²) < 4.78 is 27.2. The molecule has 1 rings (SSSR count). The Bertz CT molecular complexity index is 481. The van der Waals surface area contributed by atoms with Gasteiger partial charge in [0.1, 0.15) is 4.21 Å². The summed E-state index contributed by atoms with van der Waals surface area (Å²) in [5.74, 6) is 0. The van der Waals surface area contributed by atoms with E-state index < -0.39 is 10.0 Å². The van der Waals surface area contributed by atoms with Gasteiger partial charge in [-0.1, -0.05) is 19.8 Å². The molecule has 0 bridgehead atoms. The van der Waals surface area contributed by atoms with Crippen LogP contribution >= 0.6 is 11.3 Å². The van der Waals surface area contributed by atoms with Gasteiger partial charge < -0.3 is 5.73 Å². The van der Waals surface area contributed by atoms with Crippen molar-refractivity contribution in [3.63, 3.8) is 0 Å². The van der Waals surface area contributed by atoms with Crippen molar-refractivity contribution in [1.82, 2.24) is 4.31 Å². The van der Waals surface area contributed by atoms with Gasteiger partial charge in [0, 0.05) is 19.1 Å². The van der Waals surface area contributed by atoms with E-state index in [1.165, 1.54) is 11.3 Å². The van der Waals surface area contributed by atoms with Crippen LogP contribution in [0, 0.1) is 0 Å². The molecule has 19 heavy (non-hydrogen) atoms. The Labute approximate surface area is 120 Å². The molecule has 4 nitrogen and oxygen atoms in total. The zero-order valence-electron chi connectivity index (χ0n) is 11.9. The number of hydrogen-bond acceptors (Lipinski definition) is 4. The summed E-state index contributed by atoms with van der Waals surface area (Å²) in [5, 5.41) is 1.82. The number of thiophene rings is 1. The quantitative estimate of drug-likeness (QED) is 0.751. The van der Waals surface area contributed by atoms with E-state index in [2.05, 4.69) is 6.92 Å². The summed E-state index contributed by atoms with van der Waals surface area (Å²) in [6, 6.07) is 1.67. The van der Waals surface area contributed by atoms with Gasteiger partial charge in [-0.05, 0) is 37.3 Å². The van der Waals surface area contributed by atoms with Crippen LogP contribution in [0.25, 0.3) is 0 Å².